The molecule has 2 aromatic heterocycles. The number of hydrogen-bond acceptors (Lipinski definition) is 5. The number of amides is 1. The third kappa shape index (κ3) is 3.70. The van der Waals surface area contributed by atoms with Gasteiger partial charge in [-0.1, -0.05) is 17.0 Å². The van der Waals surface area contributed by atoms with E-state index in [4.69, 9.17) is 9.63 Å². The first kappa shape index (κ1) is 14.3. The molecule has 2 aromatic rings. The van der Waals surface area contributed by atoms with Crippen LogP contribution in [0.1, 0.15) is 33.1 Å². The summed E-state index contributed by atoms with van der Waals surface area (Å²) in [5.41, 5.74) is 1.54. The number of aliphatic hydroxyl groups is 1. The molecule has 0 saturated heterocycles. The molecule has 2 heterocycles. The van der Waals surface area contributed by atoms with E-state index in [-0.39, 0.29) is 18.3 Å². The number of thiophene rings is 1. The molecule has 0 radical (unpaired) electrons. The van der Waals surface area contributed by atoms with Crippen molar-refractivity contribution in [1.29, 1.82) is 0 Å². The monoisotopic (exact) mass is 290 g/mol. The Morgan fingerprint density at radius 1 is 1.60 bits per heavy atom. The van der Waals surface area contributed by atoms with Gasteiger partial charge in [-0.05, 0) is 18.4 Å². The maximum Gasteiger partial charge on any atom is 0.290 e. The van der Waals surface area contributed by atoms with Gasteiger partial charge in [0.05, 0.1) is 18.8 Å². The highest BCUT2D eigenvalue weighted by atomic mass is 32.1. The van der Waals surface area contributed by atoms with Crippen LogP contribution in [0.25, 0.3) is 0 Å². The molecule has 0 spiro atoms. The summed E-state index contributed by atoms with van der Waals surface area (Å²) in [6.45, 7) is 2.20. The predicted molar refractivity (Wildman–Crippen MR) is 75.3 cm³/mol. The molecule has 0 fully saturated rings. The zero-order chi connectivity index (χ0) is 14.4. The SMILES string of the molecule is Cc1cc(C(=O)NCc2sccc2C#CCCO)on1. The number of carbonyl (C=O) groups is 1. The molecule has 2 N–H and O–H groups in total. The van der Waals surface area contributed by atoms with E-state index in [1.807, 2.05) is 11.4 Å². The number of nitrogens with one attached hydrogen (secondary N) is 1. The molecule has 0 aliphatic heterocycles. The molecule has 6 heteroatoms. The van der Waals surface area contributed by atoms with Gasteiger partial charge in [0.1, 0.15) is 0 Å². The Kier molecular flexibility index (Phi) is 4.93. The lowest BCUT2D eigenvalue weighted by atomic mass is 10.2. The first-order valence-corrected chi connectivity index (χ1v) is 6.96. The molecule has 2 rings (SSSR count). The van der Waals surface area contributed by atoms with Gasteiger partial charge in [-0.2, -0.15) is 0 Å². The van der Waals surface area contributed by atoms with E-state index in [0.717, 1.165) is 10.4 Å². The second kappa shape index (κ2) is 6.89. The van der Waals surface area contributed by atoms with Crippen LogP contribution in [-0.4, -0.2) is 22.8 Å². The van der Waals surface area contributed by atoms with E-state index >= 15 is 0 Å². The highest BCUT2D eigenvalue weighted by Gasteiger charge is 2.12. The Morgan fingerprint density at radius 2 is 2.45 bits per heavy atom. The summed E-state index contributed by atoms with van der Waals surface area (Å²) >= 11 is 1.52. The fourth-order valence-corrected chi connectivity index (χ4v) is 2.29. The third-order valence-corrected chi connectivity index (χ3v) is 3.39. The molecule has 104 valence electrons. The van der Waals surface area contributed by atoms with Crippen LogP contribution in [0.2, 0.25) is 0 Å². The van der Waals surface area contributed by atoms with E-state index in [1.54, 1.807) is 13.0 Å². The number of aromatic nitrogens is 1. The van der Waals surface area contributed by atoms with Crippen molar-refractivity contribution < 1.29 is 14.4 Å². The van der Waals surface area contributed by atoms with Gasteiger partial charge in [-0.25, -0.2) is 0 Å². The van der Waals surface area contributed by atoms with Gasteiger partial charge in [-0.3, -0.25) is 4.79 Å². The van der Waals surface area contributed by atoms with Crippen LogP contribution in [0.5, 0.6) is 0 Å². The van der Waals surface area contributed by atoms with Gasteiger partial charge in [-0.15, -0.1) is 11.3 Å². The van der Waals surface area contributed by atoms with Crippen LogP contribution in [0, 0.1) is 18.8 Å². The van der Waals surface area contributed by atoms with Crippen LogP contribution >= 0.6 is 11.3 Å². The molecular weight excluding hydrogens is 276 g/mol. The van der Waals surface area contributed by atoms with E-state index in [1.165, 1.54) is 11.3 Å². The average molecular weight is 290 g/mol. The van der Waals surface area contributed by atoms with Gasteiger partial charge in [0, 0.05) is 22.9 Å². The summed E-state index contributed by atoms with van der Waals surface area (Å²) in [4.78, 5) is 12.8. The first-order chi connectivity index (χ1) is 9.70. The van der Waals surface area contributed by atoms with Crippen LogP contribution in [0.4, 0.5) is 0 Å². The lowest BCUT2D eigenvalue weighted by Crippen LogP contribution is -2.22. The van der Waals surface area contributed by atoms with Gasteiger partial charge in [0.25, 0.3) is 5.91 Å². The van der Waals surface area contributed by atoms with Gasteiger partial charge in [0.15, 0.2) is 0 Å². The fraction of sp³-hybridized carbons (Fsp3) is 0.286. The third-order valence-electron chi connectivity index (χ3n) is 2.47. The first-order valence-electron chi connectivity index (χ1n) is 6.08. The topological polar surface area (TPSA) is 75.4 Å². The van der Waals surface area contributed by atoms with Crippen molar-refractivity contribution in [1.82, 2.24) is 10.5 Å². The summed E-state index contributed by atoms with van der Waals surface area (Å²) in [6, 6.07) is 3.49. The summed E-state index contributed by atoms with van der Waals surface area (Å²) in [6.07, 6.45) is 0.443. The largest absolute Gasteiger partial charge is 0.395 e. The van der Waals surface area contributed by atoms with Gasteiger partial charge >= 0.3 is 0 Å². The number of aryl methyl sites for hydroxylation is 1. The minimum absolute atomic E-state index is 0.0497. The molecule has 0 aromatic carbocycles. The second-order valence-corrected chi connectivity index (χ2v) is 5.05. The lowest BCUT2D eigenvalue weighted by molar-refractivity contribution is 0.0914. The maximum atomic E-state index is 11.8. The molecule has 0 saturated carbocycles. The standard InChI is InChI=1S/C14H14N2O3S/c1-10-8-12(19-16-10)14(18)15-9-13-11(5-7-20-13)4-2-3-6-17/h5,7-8,17H,3,6,9H2,1H3,(H,15,18). The van der Waals surface area contributed by atoms with E-state index < -0.39 is 0 Å². The molecule has 0 bridgehead atoms. The van der Waals surface area contributed by atoms with Gasteiger partial charge < -0.3 is 14.9 Å². The maximum absolute atomic E-state index is 11.8. The molecule has 20 heavy (non-hydrogen) atoms. The van der Waals surface area contributed by atoms with Crippen LogP contribution < -0.4 is 5.32 Å². The smallest absolute Gasteiger partial charge is 0.290 e. The zero-order valence-corrected chi connectivity index (χ0v) is 11.8. The fourth-order valence-electron chi connectivity index (χ4n) is 1.52. The van der Waals surface area contributed by atoms with Crippen molar-refractivity contribution in [2.24, 2.45) is 0 Å². The van der Waals surface area contributed by atoms with E-state index in [9.17, 15) is 4.79 Å². The Balaban J connectivity index is 1.96. The van der Waals surface area contributed by atoms with Crippen molar-refractivity contribution in [2.45, 2.75) is 19.9 Å². The number of nitrogens with zero attached hydrogens (tertiary/aromatic N) is 1. The minimum atomic E-state index is -0.298. The molecule has 5 nitrogen and oxygen atoms in total. The lowest BCUT2D eigenvalue weighted by Gasteiger charge is -2.01. The summed E-state index contributed by atoms with van der Waals surface area (Å²) in [7, 11) is 0. The van der Waals surface area contributed by atoms with Crippen molar-refractivity contribution >= 4 is 17.2 Å². The normalized spacial score (nSPS) is 9.90. The van der Waals surface area contributed by atoms with Gasteiger partial charge in [0.2, 0.25) is 5.76 Å². The minimum Gasteiger partial charge on any atom is -0.395 e. The van der Waals surface area contributed by atoms with Crippen LogP contribution in [0.3, 0.4) is 0 Å². The van der Waals surface area contributed by atoms with Crippen molar-refractivity contribution in [3.8, 4) is 11.8 Å². The molecule has 0 aliphatic rings. The summed E-state index contributed by atoms with van der Waals surface area (Å²) in [5.74, 6) is 5.74. The molecule has 0 unspecified atom stereocenters. The molecular formula is C14H14N2O3S. The number of hydrogen-bond donors (Lipinski definition) is 2. The van der Waals surface area contributed by atoms with E-state index in [0.29, 0.717) is 18.7 Å². The van der Waals surface area contributed by atoms with Crippen molar-refractivity contribution in [3.05, 3.63) is 39.4 Å². The quantitative estimate of drug-likeness (QED) is 0.841. The van der Waals surface area contributed by atoms with E-state index in [2.05, 4.69) is 22.3 Å². The predicted octanol–water partition coefficient (Wildman–Crippen LogP) is 1.71. The number of aliphatic hydroxyl groups excluding tert-OH is 1. The highest BCUT2D eigenvalue weighted by molar-refractivity contribution is 7.10. The second-order valence-electron chi connectivity index (χ2n) is 4.05. The summed E-state index contributed by atoms with van der Waals surface area (Å²) < 4.78 is 4.89. The van der Waals surface area contributed by atoms with Crippen LogP contribution in [-0.2, 0) is 6.54 Å². The number of carbonyl (C=O) groups excluding carboxylic acids is 1. The summed E-state index contributed by atoms with van der Waals surface area (Å²) in [5, 5.41) is 17.1. The van der Waals surface area contributed by atoms with Crippen molar-refractivity contribution in [3.63, 3.8) is 0 Å². The molecule has 0 aliphatic carbocycles. The van der Waals surface area contributed by atoms with Crippen molar-refractivity contribution in [2.75, 3.05) is 6.61 Å². The zero-order valence-electron chi connectivity index (χ0n) is 11.0. The molecule has 0 atom stereocenters. The van der Waals surface area contributed by atoms with Crippen LogP contribution in [0.15, 0.2) is 22.0 Å². The average Bonchev–Trinajstić information content (AvgIpc) is 3.05. The Hall–Kier alpha value is -2.10. The molecule has 1 amide bonds. The Labute approximate surface area is 120 Å². The Morgan fingerprint density at radius 3 is 3.15 bits per heavy atom. The number of rotatable bonds is 4. The highest BCUT2D eigenvalue weighted by Crippen LogP contribution is 2.15. The Bertz CT molecular complexity index is 649.